The van der Waals surface area contributed by atoms with Crippen LogP contribution in [0.5, 0.6) is 0 Å². The number of aromatic nitrogens is 2. The molecule has 0 bridgehead atoms. The van der Waals surface area contributed by atoms with E-state index in [9.17, 15) is 18.4 Å². The van der Waals surface area contributed by atoms with Gasteiger partial charge in [-0.25, -0.2) is 8.78 Å². The minimum atomic E-state index is -2.88. The summed E-state index contributed by atoms with van der Waals surface area (Å²) in [5.41, 5.74) is 1.15. The van der Waals surface area contributed by atoms with Crippen LogP contribution in [0.4, 0.5) is 8.78 Å². The molecule has 3 aromatic rings. The van der Waals surface area contributed by atoms with Gasteiger partial charge in [-0.3, -0.25) is 9.59 Å². The maximum absolute atomic E-state index is 14.0. The molecule has 1 aromatic carbocycles. The summed E-state index contributed by atoms with van der Waals surface area (Å²) in [6.07, 6.45) is 1.29. The van der Waals surface area contributed by atoms with E-state index in [4.69, 9.17) is 4.52 Å². The van der Waals surface area contributed by atoms with Crippen molar-refractivity contribution in [2.24, 2.45) is 0 Å². The van der Waals surface area contributed by atoms with Gasteiger partial charge < -0.3 is 19.3 Å². The maximum Gasteiger partial charge on any atom is 0.277 e. The molecule has 3 aliphatic rings. The molecule has 31 heavy (non-hydrogen) atoms. The van der Waals surface area contributed by atoms with Crippen molar-refractivity contribution >= 4 is 22.7 Å². The van der Waals surface area contributed by atoms with Crippen LogP contribution in [0.15, 0.2) is 34.9 Å². The van der Waals surface area contributed by atoms with Gasteiger partial charge >= 0.3 is 0 Å². The zero-order chi connectivity index (χ0) is 21.4. The molecule has 0 atom stereocenters. The van der Waals surface area contributed by atoms with E-state index in [1.165, 1.54) is 4.90 Å². The number of nitrogens with zero attached hydrogens (tertiary/aromatic N) is 3. The molecule has 0 radical (unpaired) electrons. The zero-order valence-electron chi connectivity index (χ0n) is 16.7. The first-order valence-electron chi connectivity index (χ1n) is 10.4. The number of hydrogen-bond donors (Lipinski definition) is 1. The third-order valence-electron chi connectivity index (χ3n) is 6.70. The first kappa shape index (κ1) is 18.5. The summed E-state index contributed by atoms with van der Waals surface area (Å²) in [6, 6.07) is 9.42. The van der Waals surface area contributed by atoms with E-state index >= 15 is 0 Å². The fourth-order valence-electron chi connectivity index (χ4n) is 4.95. The van der Waals surface area contributed by atoms with Crippen LogP contribution in [0.2, 0.25) is 0 Å². The number of benzene rings is 1. The Labute approximate surface area is 176 Å². The molecule has 1 spiro atoms. The fraction of sp³-hybridized carbons (Fsp3) is 0.409. The van der Waals surface area contributed by atoms with Crippen LogP contribution in [0.1, 0.15) is 51.6 Å². The Morgan fingerprint density at radius 3 is 2.74 bits per heavy atom. The topological polar surface area (TPSA) is 82.4 Å². The number of carbonyl (C=O) groups is 2. The summed E-state index contributed by atoms with van der Waals surface area (Å²) in [5, 5.41) is 4.87. The van der Waals surface area contributed by atoms with Crippen molar-refractivity contribution in [3.8, 4) is 0 Å². The standard InChI is InChI=1S/C22H20F2N4O3/c23-22(24)11-21(6-7-21)28(12-22)20(30)18-14-10-27(8-5-17(14)31-26-18)19(29)16-9-13-3-1-2-4-15(13)25-16/h1-4,9,25H,5-8,10-12H2. The third kappa shape index (κ3) is 2.86. The van der Waals surface area contributed by atoms with Crippen molar-refractivity contribution in [1.29, 1.82) is 0 Å². The van der Waals surface area contributed by atoms with Crippen LogP contribution < -0.4 is 0 Å². The monoisotopic (exact) mass is 426 g/mol. The highest BCUT2D eigenvalue weighted by Gasteiger charge is 2.63. The number of likely N-dealkylation sites (tertiary alicyclic amines) is 1. The van der Waals surface area contributed by atoms with Gasteiger partial charge in [-0.2, -0.15) is 0 Å². The molecule has 2 amide bonds. The van der Waals surface area contributed by atoms with Gasteiger partial charge in [0, 0.05) is 41.4 Å². The number of halogens is 2. The molecule has 6 rings (SSSR count). The quantitative estimate of drug-likeness (QED) is 0.681. The molecule has 9 heteroatoms. The summed E-state index contributed by atoms with van der Waals surface area (Å²) in [4.78, 5) is 32.3. The van der Waals surface area contributed by atoms with Gasteiger partial charge in [0.25, 0.3) is 17.7 Å². The highest BCUT2D eigenvalue weighted by atomic mass is 19.3. The predicted molar refractivity (Wildman–Crippen MR) is 106 cm³/mol. The lowest BCUT2D eigenvalue weighted by molar-refractivity contribution is 0.0115. The number of nitrogens with one attached hydrogen (secondary N) is 1. The van der Waals surface area contributed by atoms with E-state index in [0.717, 1.165) is 10.9 Å². The summed E-state index contributed by atoms with van der Waals surface area (Å²) in [7, 11) is 0. The molecule has 2 aromatic heterocycles. The number of carbonyl (C=O) groups excluding carboxylic acids is 2. The lowest BCUT2D eigenvalue weighted by Gasteiger charge is -2.27. The molecule has 2 fully saturated rings. The smallest absolute Gasteiger partial charge is 0.277 e. The van der Waals surface area contributed by atoms with E-state index < -0.39 is 23.9 Å². The number of aromatic amines is 1. The number of amides is 2. The molecule has 7 nitrogen and oxygen atoms in total. The highest BCUT2D eigenvalue weighted by molar-refractivity contribution is 5.99. The highest BCUT2D eigenvalue weighted by Crippen LogP contribution is 2.54. The number of alkyl halides is 2. The van der Waals surface area contributed by atoms with Crippen LogP contribution in [-0.4, -0.2) is 56.3 Å². The Hall–Kier alpha value is -3.23. The average Bonchev–Trinajstić information content (AvgIpc) is 3.12. The van der Waals surface area contributed by atoms with Gasteiger partial charge in [-0.1, -0.05) is 23.4 Å². The van der Waals surface area contributed by atoms with Gasteiger partial charge in [0.2, 0.25) is 0 Å². The molecule has 1 saturated carbocycles. The largest absolute Gasteiger partial charge is 0.360 e. The Bertz CT molecular complexity index is 1190. The molecule has 160 valence electrons. The predicted octanol–water partition coefficient (Wildman–Crippen LogP) is 3.37. The van der Waals surface area contributed by atoms with Crippen molar-refractivity contribution in [3.05, 3.63) is 53.0 Å². The lowest BCUT2D eigenvalue weighted by atomic mass is 10.0. The Morgan fingerprint density at radius 2 is 1.97 bits per heavy atom. The van der Waals surface area contributed by atoms with Gasteiger partial charge in [0.15, 0.2) is 5.69 Å². The number of H-pyrrole nitrogens is 1. The lowest BCUT2D eigenvalue weighted by Crippen LogP contribution is -2.40. The molecule has 0 unspecified atom stereocenters. The van der Waals surface area contributed by atoms with Gasteiger partial charge in [0.1, 0.15) is 11.5 Å². The molecule has 4 heterocycles. The minimum Gasteiger partial charge on any atom is -0.360 e. The Balaban J connectivity index is 1.27. The van der Waals surface area contributed by atoms with Crippen LogP contribution in [0, 0.1) is 0 Å². The van der Waals surface area contributed by atoms with E-state index in [0.29, 0.717) is 42.8 Å². The summed E-state index contributed by atoms with van der Waals surface area (Å²) < 4.78 is 33.4. The molecular formula is C22H20F2N4O3. The average molecular weight is 426 g/mol. The second-order valence-corrected chi connectivity index (χ2v) is 8.83. The van der Waals surface area contributed by atoms with Crippen LogP contribution in [0.25, 0.3) is 10.9 Å². The molecular weight excluding hydrogens is 406 g/mol. The first-order valence-corrected chi connectivity index (χ1v) is 10.4. The van der Waals surface area contributed by atoms with Crippen LogP contribution in [0.3, 0.4) is 0 Å². The minimum absolute atomic E-state index is 0.0492. The van der Waals surface area contributed by atoms with E-state index in [1.807, 2.05) is 24.3 Å². The summed E-state index contributed by atoms with van der Waals surface area (Å²) >= 11 is 0. The van der Waals surface area contributed by atoms with Gasteiger partial charge in [-0.05, 0) is 25.0 Å². The number of fused-ring (bicyclic) bond motifs is 2. The second kappa shape index (κ2) is 6.15. The Kier molecular flexibility index (Phi) is 3.68. The van der Waals surface area contributed by atoms with E-state index in [-0.39, 0.29) is 24.6 Å². The number of para-hydroxylation sites is 1. The van der Waals surface area contributed by atoms with Crippen molar-refractivity contribution in [3.63, 3.8) is 0 Å². The van der Waals surface area contributed by atoms with E-state index in [1.54, 1.807) is 11.0 Å². The summed E-state index contributed by atoms with van der Waals surface area (Å²) in [5.74, 6) is -3.06. The van der Waals surface area contributed by atoms with E-state index in [2.05, 4.69) is 10.1 Å². The third-order valence-corrected chi connectivity index (χ3v) is 6.70. The van der Waals surface area contributed by atoms with Gasteiger partial charge in [-0.15, -0.1) is 0 Å². The fourth-order valence-corrected chi connectivity index (χ4v) is 4.95. The SMILES string of the molecule is O=C(c1cc2ccccc2[nH]1)N1CCc2onc(C(=O)N3CC(F)(F)CC34CC4)c2C1. The zero-order valence-corrected chi connectivity index (χ0v) is 16.7. The van der Waals surface area contributed by atoms with Crippen molar-refractivity contribution < 1.29 is 22.9 Å². The first-order chi connectivity index (χ1) is 14.9. The van der Waals surface area contributed by atoms with Crippen LogP contribution in [-0.2, 0) is 13.0 Å². The normalized spacial score (nSPS) is 21.0. The maximum atomic E-state index is 14.0. The second-order valence-electron chi connectivity index (χ2n) is 8.83. The van der Waals surface area contributed by atoms with Crippen molar-refractivity contribution in [2.45, 2.75) is 43.7 Å². The van der Waals surface area contributed by atoms with Crippen LogP contribution >= 0.6 is 0 Å². The van der Waals surface area contributed by atoms with Crippen molar-refractivity contribution in [1.82, 2.24) is 19.9 Å². The summed E-state index contributed by atoms with van der Waals surface area (Å²) in [6.45, 7) is -0.00768. The number of hydrogen-bond acceptors (Lipinski definition) is 4. The Morgan fingerprint density at radius 1 is 1.16 bits per heavy atom. The molecule has 2 aliphatic heterocycles. The number of rotatable bonds is 2. The molecule has 1 aliphatic carbocycles. The molecule has 1 saturated heterocycles. The van der Waals surface area contributed by atoms with Gasteiger partial charge in [0.05, 0.1) is 13.1 Å². The molecule has 1 N–H and O–H groups in total. The van der Waals surface area contributed by atoms with Crippen molar-refractivity contribution in [2.75, 3.05) is 13.1 Å².